The smallest absolute Gasteiger partial charge is 0.315 e. The molecule has 18 heavy (non-hydrogen) atoms. The van der Waals surface area contributed by atoms with Crippen LogP contribution in [0, 0.1) is 0 Å². The number of nitrogens with one attached hydrogen (secondary N) is 2. The molecule has 0 atom stereocenters. The topological polar surface area (TPSA) is 83.7 Å². The SMILES string of the molecule is O=C(NCc1ccoc1)NCC1(O)CCOCC1. The number of urea groups is 1. The predicted octanol–water partition coefficient (Wildman–Crippen LogP) is 0.620. The lowest BCUT2D eigenvalue weighted by molar-refractivity contribution is -0.0600. The second kappa shape index (κ2) is 5.88. The highest BCUT2D eigenvalue weighted by molar-refractivity contribution is 5.73. The molecule has 0 aromatic carbocycles. The highest BCUT2D eigenvalue weighted by Gasteiger charge is 2.29. The summed E-state index contributed by atoms with van der Waals surface area (Å²) < 4.78 is 10.1. The summed E-state index contributed by atoms with van der Waals surface area (Å²) in [5.74, 6) is 0. The molecule has 1 aliphatic heterocycles. The maximum absolute atomic E-state index is 11.5. The maximum Gasteiger partial charge on any atom is 0.315 e. The minimum absolute atomic E-state index is 0.244. The Morgan fingerprint density at radius 2 is 2.17 bits per heavy atom. The van der Waals surface area contributed by atoms with Gasteiger partial charge in [0.1, 0.15) is 0 Å². The Bertz CT molecular complexity index is 371. The van der Waals surface area contributed by atoms with E-state index in [4.69, 9.17) is 9.15 Å². The minimum atomic E-state index is -0.842. The van der Waals surface area contributed by atoms with Crippen LogP contribution >= 0.6 is 0 Å². The first kappa shape index (κ1) is 12.9. The van der Waals surface area contributed by atoms with Crippen molar-refractivity contribution in [3.63, 3.8) is 0 Å². The van der Waals surface area contributed by atoms with Crippen molar-refractivity contribution in [1.82, 2.24) is 10.6 Å². The monoisotopic (exact) mass is 254 g/mol. The van der Waals surface area contributed by atoms with Crippen molar-refractivity contribution in [3.8, 4) is 0 Å². The molecule has 1 aromatic rings. The molecule has 0 unspecified atom stereocenters. The number of furan rings is 1. The van der Waals surface area contributed by atoms with Gasteiger partial charge in [-0.05, 0) is 6.07 Å². The first-order valence-electron chi connectivity index (χ1n) is 6.01. The van der Waals surface area contributed by atoms with E-state index in [0.29, 0.717) is 32.6 Å². The molecule has 2 amide bonds. The molecule has 0 bridgehead atoms. The van der Waals surface area contributed by atoms with Gasteiger partial charge in [-0.25, -0.2) is 4.79 Å². The van der Waals surface area contributed by atoms with E-state index >= 15 is 0 Å². The van der Waals surface area contributed by atoms with Crippen LogP contribution in [0.2, 0.25) is 0 Å². The number of rotatable bonds is 4. The summed E-state index contributed by atoms with van der Waals surface area (Å²) in [5, 5.41) is 15.5. The molecule has 1 fully saturated rings. The fraction of sp³-hybridized carbons (Fsp3) is 0.583. The number of carbonyl (C=O) groups excluding carboxylic acids is 1. The lowest BCUT2D eigenvalue weighted by atomic mass is 9.94. The van der Waals surface area contributed by atoms with Gasteiger partial charge < -0.3 is 24.9 Å². The average Bonchev–Trinajstić information content (AvgIpc) is 2.88. The molecule has 0 aliphatic carbocycles. The summed E-state index contributed by atoms with van der Waals surface area (Å²) in [6, 6.07) is 1.49. The minimum Gasteiger partial charge on any atom is -0.472 e. The molecule has 0 radical (unpaired) electrons. The van der Waals surface area contributed by atoms with Crippen molar-refractivity contribution < 1.29 is 19.1 Å². The van der Waals surface area contributed by atoms with Gasteiger partial charge in [0, 0.05) is 44.7 Å². The molecule has 0 spiro atoms. The first-order chi connectivity index (χ1) is 8.68. The number of aliphatic hydroxyl groups is 1. The summed E-state index contributed by atoms with van der Waals surface area (Å²) >= 11 is 0. The van der Waals surface area contributed by atoms with Gasteiger partial charge in [-0.3, -0.25) is 0 Å². The van der Waals surface area contributed by atoms with Crippen LogP contribution in [0.3, 0.4) is 0 Å². The molecule has 1 saturated heterocycles. The van der Waals surface area contributed by atoms with Gasteiger partial charge in [0.15, 0.2) is 0 Å². The molecule has 100 valence electrons. The summed E-state index contributed by atoms with van der Waals surface area (Å²) in [6.07, 6.45) is 4.23. The van der Waals surface area contributed by atoms with E-state index in [0.717, 1.165) is 5.56 Å². The number of hydrogen-bond donors (Lipinski definition) is 3. The summed E-state index contributed by atoms with van der Waals surface area (Å²) in [4.78, 5) is 11.5. The van der Waals surface area contributed by atoms with Crippen LogP contribution < -0.4 is 10.6 Å². The normalized spacial score (nSPS) is 18.3. The molecule has 2 rings (SSSR count). The number of carbonyl (C=O) groups is 1. The Balaban J connectivity index is 1.68. The van der Waals surface area contributed by atoms with E-state index in [2.05, 4.69) is 10.6 Å². The van der Waals surface area contributed by atoms with Gasteiger partial charge in [-0.1, -0.05) is 0 Å². The van der Waals surface area contributed by atoms with Gasteiger partial charge in [0.25, 0.3) is 0 Å². The maximum atomic E-state index is 11.5. The molecule has 6 heteroatoms. The summed E-state index contributed by atoms with van der Waals surface area (Å²) in [7, 11) is 0. The molecular formula is C12H18N2O4. The van der Waals surface area contributed by atoms with E-state index in [1.54, 1.807) is 18.6 Å². The zero-order valence-corrected chi connectivity index (χ0v) is 10.1. The van der Waals surface area contributed by atoms with Crippen LogP contribution in [0.25, 0.3) is 0 Å². The number of ether oxygens (including phenoxy) is 1. The van der Waals surface area contributed by atoms with Crippen molar-refractivity contribution in [2.45, 2.75) is 25.0 Å². The van der Waals surface area contributed by atoms with Crippen LogP contribution in [0.4, 0.5) is 4.79 Å². The molecule has 1 aromatic heterocycles. The van der Waals surface area contributed by atoms with E-state index in [1.165, 1.54) is 0 Å². The van der Waals surface area contributed by atoms with Crippen LogP contribution in [-0.4, -0.2) is 36.5 Å². The van der Waals surface area contributed by atoms with Gasteiger partial charge in [0.2, 0.25) is 0 Å². The Labute approximate surface area is 105 Å². The number of hydrogen-bond acceptors (Lipinski definition) is 4. The third kappa shape index (κ3) is 3.75. The standard InChI is InChI=1S/C12H18N2O4/c15-11(13-7-10-1-4-18-8-10)14-9-12(16)2-5-17-6-3-12/h1,4,8,16H,2-3,5-7,9H2,(H2,13,14,15). The van der Waals surface area contributed by atoms with Crippen LogP contribution in [0.5, 0.6) is 0 Å². The highest BCUT2D eigenvalue weighted by Crippen LogP contribution is 2.19. The molecule has 0 saturated carbocycles. The van der Waals surface area contributed by atoms with Crippen molar-refractivity contribution in [2.24, 2.45) is 0 Å². The average molecular weight is 254 g/mol. The molecule has 6 nitrogen and oxygen atoms in total. The van der Waals surface area contributed by atoms with Crippen LogP contribution in [-0.2, 0) is 11.3 Å². The Kier molecular flexibility index (Phi) is 4.22. The van der Waals surface area contributed by atoms with Crippen LogP contribution in [0.15, 0.2) is 23.0 Å². The van der Waals surface area contributed by atoms with Crippen LogP contribution in [0.1, 0.15) is 18.4 Å². The zero-order chi connectivity index (χ0) is 12.8. The largest absolute Gasteiger partial charge is 0.472 e. The van der Waals surface area contributed by atoms with Gasteiger partial charge in [-0.2, -0.15) is 0 Å². The number of amides is 2. The van der Waals surface area contributed by atoms with Crippen molar-refractivity contribution in [1.29, 1.82) is 0 Å². The third-order valence-electron chi connectivity index (χ3n) is 3.03. The fourth-order valence-corrected chi connectivity index (χ4v) is 1.81. The Hall–Kier alpha value is -1.53. The second-order valence-corrected chi connectivity index (χ2v) is 4.50. The zero-order valence-electron chi connectivity index (χ0n) is 10.1. The molecular weight excluding hydrogens is 236 g/mol. The van der Waals surface area contributed by atoms with Gasteiger partial charge >= 0.3 is 6.03 Å². The predicted molar refractivity (Wildman–Crippen MR) is 63.9 cm³/mol. The molecule has 1 aliphatic rings. The lowest BCUT2D eigenvalue weighted by Gasteiger charge is -2.32. The van der Waals surface area contributed by atoms with Crippen molar-refractivity contribution in [2.75, 3.05) is 19.8 Å². The van der Waals surface area contributed by atoms with Gasteiger partial charge in [-0.15, -0.1) is 0 Å². The summed E-state index contributed by atoms with van der Waals surface area (Å²) in [5.41, 5.74) is 0.0560. The Morgan fingerprint density at radius 1 is 1.39 bits per heavy atom. The van der Waals surface area contributed by atoms with E-state index in [-0.39, 0.29) is 12.6 Å². The highest BCUT2D eigenvalue weighted by atomic mass is 16.5. The fourth-order valence-electron chi connectivity index (χ4n) is 1.81. The molecule has 3 N–H and O–H groups in total. The van der Waals surface area contributed by atoms with Gasteiger partial charge in [0.05, 0.1) is 18.1 Å². The quantitative estimate of drug-likeness (QED) is 0.735. The Morgan fingerprint density at radius 3 is 2.83 bits per heavy atom. The van der Waals surface area contributed by atoms with Crippen molar-refractivity contribution >= 4 is 6.03 Å². The van der Waals surface area contributed by atoms with E-state index in [9.17, 15) is 9.90 Å². The van der Waals surface area contributed by atoms with E-state index < -0.39 is 5.60 Å². The molecule has 2 heterocycles. The van der Waals surface area contributed by atoms with E-state index in [1.807, 2.05) is 0 Å². The third-order valence-corrected chi connectivity index (χ3v) is 3.03. The summed E-state index contributed by atoms with van der Waals surface area (Å²) in [6.45, 7) is 1.72. The first-order valence-corrected chi connectivity index (χ1v) is 6.01. The second-order valence-electron chi connectivity index (χ2n) is 4.50. The lowest BCUT2D eigenvalue weighted by Crippen LogP contribution is -2.48. The van der Waals surface area contributed by atoms with Crippen molar-refractivity contribution in [3.05, 3.63) is 24.2 Å².